The minimum absolute atomic E-state index is 0.316. The van der Waals surface area contributed by atoms with E-state index in [-0.39, 0.29) is 5.92 Å². The molecule has 0 spiro atoms. The Hall–Kier alpha value is -2.94. The number of aliphatic carboxylic acids is 1. The van der Waals surface area contributed by atoms with Crippen LogP contribution in [0.3, 0.4) is 0 Å². The third-order valence-electron chi connectivity index (χ3n) is 4.37. The molecule has 1 aromatic carbocycles. The van der Waals surface area contributed by atoms with E-state index >= 15 is 0 Å². The number of carboxylic acid groups (broad SMARTS) is 1. The SMILES string of the molecule is CC(NC(=O)C(N)Cc1ccccc1)C(=O)NC(C)C(=O)NC(C(=O)O)C(C)C. The zero-order chi connectivity index (χ0) is 22.1. The van der Waals surface area contributed by atoms with Gasteiger partial charge in [0.2, 0.25) is 17.7 Å². The average Bonchev–Trinajstić information content (AvgIpc) is 2.65. The molecule has 0 radical (unpaired) electrons. The lowest BCUT2D eigenvalue weighted by Gasteiger charge is -2.23. The van der Waals surface area contributed by atoms with Crippen molar-refractivity contribution in [3.8, 4) is 0 Å². The Balaban J connectivity index is 2.54. The molecule has 0 saturated heterocycles. The van der Waals surface area contributed by atoms with Crippen LogP contribution in [0.25, 0.3) is 0 Å². The molecule has 1 aromatic rings. The van der Waals surface area contributed by atoms with Crippen LogP contribution < -0.4 is 21.7 Å². The summed E-state index contributed by atoms with van der Waals surface area (Å²) >= 11 is 0. The molecule has 6 N–H and O–H groups in total. The van der Waals surface area contributed by atoms with Gasteiger partial charge in [-0.3, -0.25) is 14.4 Å². The molecule has 160 valence electrons. The van der Waals surface area contributed by atoms with Crippen molar-refractivity contribution in [1.82, 2.24) is 16.0 Å². The summed E-state index contributed by atoms with van der Waals surface area (Å²) < 4.78 is 0. The first-order chi connectivity index (χ1) is 13.5. The summed E-state index contributed by atoms with van der Waals surface area (Å²) in [6.45, 7) is 6.24. The Kier molecular flexibility index (Phi) is 9.27. The van der Waals surface area contributed by atoms with Crippen LogP contribution in [0.2, 0.25) is 0 Å². The van der Waals surface area contributed by atoms with Gasteiger partial charge in [-0.05, 0) is 31.7 Å². The molecule has 4 unspecified atom stereocenters. The lowest BCUT2D eigenvalue weighted by atomic mass is 10.0. The number of carbonyl (C=O) groups is 4. The highest BCUT2D eigenvalue weighted by Gasteiger charge is 2.27. The number of nitrogens with one attached hydrogen (secondary N) is 3. The van der Waals surface area contributed by atoms with Gasteiger partial charge in [-0.15, -0.1) is 0 Å². The second-order valence-corrected chi connectivity index (χ2v) is 7.33. The number of carboxylic acids is 1. The predicted octanol–water partition coefficient (Wildman–Crippen LogP) is -0.209. The number of benzene rings is 1. The molecule has 1 rings (SSSR count). The number of rotatable bonds is 10. The molecule has 4 atom stereocenters. The van der Waals surface area contributed by atoms with E-state index in [2.05, 4.69) is 16.0 Å². The zero-order valence-corrected chi connectivity index (χ0v) is 17.1. The summed E-state index contributed by atoms with van der Waals surface area (Å²) in [5.74, 6) is -3.16. The largest absolute Gasteiger partial charge is 0.480 e. The maximum absolute atomic E-state index is 12.3. The van der Waals surface area contributed by atoms with Crippen LogP contribution in [0, 0.1) is 5.92 Å². The van der Waals surface area contributed by atoms with E-state index in [1.54, 1.807) is 13.8 Å². The summed E-state index contributed by atoms with van der Waals surface area (Å²) in [5.41, 5.74) is 6.79. The van der Waals surface area contributed by atoms with Gasteiger partial charge >= 0.3 is 5.97 Å². The van der Waals surface area contributed by atoms with Crippen molar-refractivity contribution in [2.24, 2.45) is 11.7 Å². The molecule has 0 aliphatic carbocycles. The Labute approximate surface area is 170 Å². The van der Waals surface area contributed by atoms with Gasteiger partial charge in [0, 0.05) is 0 Å². The number of amides is 3. The highest BCUT2D eigenvalue weighted by atomic mass is 16.4. The molecule has 0 aliphatic heterocycles. The molecule has 0 aliphatic rings. The monoisotopic (exact) mass is 406 g/mol. The summed E-state index contributed by atoms with van der Waals surface area (Å²) in [6, 6.07) is 5.48. The fourth-order valence-electron chi connectivity index (χ4n) is 2.54. The average molecular weight is 406 g/mol. The fourth-order valence-corrected chi connectivity index (χ4v) is 2.54. The normalized spacial score (nSPS) is 15.0. The molecule has 0 fully saturated rings. The number of hydrogen-bond donors (Lipinski definition) is 5. The van der Waals surface area contributed by atoms with Gasteiger partial charge in [0.05, 0.1) is 6.04 Å². The summed E-state index contributed by atoms with van der Waals surface area (Å²) in [6.07, 6.45) is 0.325. The smallest absolute Gasteiger partial charge is 0.326 e. The highest BCUT2D eigenvalue weighted by molar-refractivity contribution is 5.93. The van der Waals surface area contributed by atoms with E-state index in [4.69, 9.17) is 10.8 Å². The molecule has 0 aromatic heterocycles. The van der Waals surface area contributed by atoms with Gasteiger partial charge in [0.1, 0.15) is 18.1 Å². The van der Waals surface area contributed by atoms with Crippen LogP contribution in [-0.2, 0) is 25.6 Å². The Morgan fingerprint density at radius 2 is 1.34 bits per heavy atom. The Morgan fingerprint density at radius 1 is 0.862 bits per heavy atom. The lowest BCUT2D eigenvalue weighted by molar-refractivity contribution is -0.143. The standard InChI is InChI=1S/C20H30N4O5/c1-11(2)16(20(28)29)24-18(26)13(4)22-17(25)12(3)23-19(27)15(21)10-14-8-6-5-7-9-14/h5-9,11-13,15-16H,10,21H2,1-4H3,(H,22,25)(H,23,27)(H,24,26)(H,28,29). The van der Waals surface area contributed by atoms with Gasteiger partial charge in [0.15, 0.2) is 0 Å². The first-order valence-corrected chi connectivity index (χ1v) is 9.46. The quantitative estimate of drug-likeness (QED) is 0.363. The highest BCUT2D eigenvalue weighted by Crippen LogP contribution is 2.03. The van der Waals surface area contributed by atoms with E-state index in [9.17, 15) is 19.2 Å². The molecule has 0 bridgehead atoms. The van der Waals surface area contributed by atoms with Crippen LogP contribution >= 0.6 is 0 Å². The Morgan fingerprint density at radius 3 is 1.83 bits per heavy atom. The van der Waals surface area contributed by atoms with Crippen molar-refractivity contribution in [1.29, 1.82) is 0 Å². The van der Waals surface area contributed by atoms with Crippen molar-refractivity contribution in [3.05, 3.63) is 35.9 Å². The summed E-state index contributed by atoms with van der Waals surface area (Å²) in [5, 5.41) is 16.5. The maximum Gasteiger partial charge on any atom is 0.326 e. The second kappa shape index (κ2) is 11.2. The van der Waals surface area contributed by atoms with Crippen LogP contribution in [0.5, 0.6) is 0 Å². The minimum Gasteiger partial charge on any atom is -0.480 e. The molecular formula is C20H30N4O5. The van der Waals surface area contributed by atoms with E-state index in [0.29, 0.717) is 6.42 Å². The summed E-state index contributed by atoms with van der Waals surface area (Å²) in [7, 11) is 0. The lowest BCUT2D eigenvalue weighted by Crippen LogP contribution is -2.56. The fraction of sp³-hybridized carbons (Fsp3) is 0.500. The molecular weight excluding hydrogens is 376 g/mol. The molecule has 9 nitrogen and oxygen atoms in total. The van der Waals surface area contributed by atoms with Gasteiger partial charge < -0.3 is 26.8 Å². The van der Waals surface area contributed by atoms with Crippen molar-refractivity contribution >= 4 is 23.7 Å². The zero-order valence-electron chi connectivity index (χ0n) is 17.1. The van der Waals surface area contributed by atoms with Gasteiger partial charge in [-0.1, -0.05) is 44.2 Å². The van der Waals surface area contributed by atoms with E-state index < -0.39 is 47.9 Å². The third kappa shape index (κ3) is 7.90. The minimum atomic E-state index is -1.15. The second-order valence-electron chi connectivity index (χ2n) is 7.33. The molecule has 3 amide bonds. The maximum atomic E-state index is 12.3. The van der Waals surface area contributed by atoms with Crippen LogP contribution in [0.15, 0.2) is 30.3 Å². The van der Waals surface area contributed by atoms with Gasteiger partial charge in [-0.25, -0.2) is 4.79 Å². The van der Waals surface area contributed by atoms with E-state index in [1.165, 1.54) is 13.8 Å². The van der Waals surface area contributed by atoms with Crippen LogP contribution in [0.1, 0.15) is 33.3 Å². The van der Waals surface area contributed by atoms with Crippen molar-refractivity contribution < 1.29 is 24.3 Å². The molecule has 9 heteroatoms. The first kappa shape index (κ1) is 24.1. The molecule has 0 heterocycles. The van der Waals surface area contributed by atoms with Gasteiger partial charge in [-0.2, -0.15) is 0 Å². The van der Waals surface area contributed by atoms with Crippen molar-refractivity contribution in [2.45, 2.75) is 58.3 Å². The summed E-state index contributed by atoms with van der Waals surface area (Å²) in [4.78, 5) is 47.8. The number of carbonyl (C=O) groups excluding carboxylic acids is 3. The number of nitrogens with two attached hydrogens (primary N) is 1. The first-order valence-electron chi connectivity index (χ1n) is 9.46. The van der Waals surface area contributed by atoms with Crippen LogP contribution in [-0.4, -0.2) is 53.0 Å². The molecule has 0 saturated carbocycles. The Bertz CT molecular complexity index is 723. The topological polar surface area (TPSA) is 151 Å². The van der Waals surface area contributed by atoms with Gasteiger partial charge in [0.25, 0.3) is 0 Å². The van der Waals surface area contributed by atoms with E-state index in [1.807, 2.05) is 30.3 Å². The van der Waals surface area contributed by atoms with Crippen LogP contribution in [0.4, 0.5) is 0 Å². The molecule has 29 heavy (non-hydrogen) atoms. The van der Waals surface area contributed by atoms with Crippen molar-refractivity contribution in [2.75, 3.05) is 0 Å². The third-order valence-corrected chi connectivity index (χ3v) is 4.37. The number of hydrogen-bond acceptors (Lipinski definition) is 5. The van der Waals surface area contributed by atoms with Crippen molar-refractivity contribution in [3.63, 3.8) is 0 Å². The predicted molar refractivity (Wildman–Crippen MR) is 108 cm³/mol. The van der Waals surface area contributed by atoms with E-state index in [0.717, 1.165) is 5.56 Å².